The van der Waals surface area contributed by atoms with E-state index in [0.29, 0.717) is 34.3 Å². The summed E-state index contributed by atoms with van der Waals surface area (Å²) >= 11 is 5.27. The van der Waals surface area contributed by atoms with E-state index in [4.69, 9.17) is 21.7 Å². The molecule has 0 atom stereocenters. The number of H-pyrrole nitrogens is 1. The Labute approximate surface area is 155 Å². The molecule has 0 amide bonds. The molecule has 2 aromatic carbocycles. The molecule has 3 rings (SSSR count). The van der Waals surface area contributed by atoms with Gasteiger partial charge in [-0.2, -0.15) is 14.9 Å². The van der Waals surface area contributed by atoms with E-state index < -0.39 is 0 Å². The molecule has 0 aliphatic heterocycles. The number of methoxy groups -OCH3 is 1. The molecular formula is C18H18N4O3S. The number of phenolic OH excluding ortho intramolecular Hbond substituents is 1. The fourth-order valence-corrected chi connectivity index (χ4v) is 2.62. The van der Waals surface area contributed by atoms with E-state index in [-0.39, 0.29) is 5.75 Å². The molecule has 2 N–H and O–H groups in total. The van der Waals surface area contributed by atoms with Crippen LogP contribution < -0.4 is 9.47 Å². The Hall–Kier alpha value is -3.13. The van der Waals surface area contributed by atoms with Crippen molar-refractivity contribution in [3.63, 3.8) is 0 Å². The summed E-state index contributed by atoms with van der Waals surface area (Å²) in [4.78, 5) is 0. The van der Waals surface area contributed by atoms with Crippen LogP contribution in [0.1, 0.15) is 12.5 Å². The highest BCUT2D eigenvalue weighted by Gasteiger charge is 2.13. The molecule has 8 heteroatoms. The van der Waals surface area contributed by atoms with Crippen molar-refractivity contribution in [2.75, 3.05) is 13.7 Å². The van der Waals surface area contributed by atoms with Crippen molar-refractivity contribution < 1.29 is 14.6 Å². The van der Waals surface area contributed by atoms with E-state index in [9.17, 15) is 5.11 Å². The number of hydrogen-bond donors (Lipinski definition) is 2. The van der Waals surface area contributed by atoms with Crippen LogP contribution in [-0.4, -0.2) is 39.9 Å². The minimum absolute atomic E-state index is 0.0203. The normalized spacial score (nSPS) is 11.0. The first-order chi connectivity index (χ1) is 12.7. The number of rotatable bonds is 6. The topological polar surface area (TPSA) is 84.7 Å². The maximum absolute atomic E-state index is 10.3. The minimum Gasteiger partial charge on any atom is -0.504 e. The summed E-state index contributed by atoms with van der Waals surface area (Å²) < 4.78 is 12.6. The molecule has 3 aromatic rings. The van der Waals surface area contributed by atoms with E-state index in [1.807, 2.05) is 31.2 Å². The first-order valence-electron chi connectivity index (χ1n) is 7.95. The molecular weight excluding hydrogens is 352 g/mol. The summed E-state index contributed by atoms with van der Waals surface area (Å²) in [6.45, 7) is 2.31. The van der Waals surface area contributed by atoms with Gasteiger partial charge in [-0.15, -0.1) is 0 Å². The summed E-state index contributed by atoms with van der Waals surface area (Å²) in [5.41, 5.74) is 1.25. The Morgan fingerprint density at radius 1 is 1.23 bits per heavy atom. The Balaban J connectivity index is 2.02. The summed E-state index contributed by atoms with van der Waals surface area (Å²) in [5, 5.41) is 21.6. The number of hydrogen-bond acceptors (Lipinski definition) is 6. The van der Waals surface area contributed by atoms with Gasteiger partial charge in [0.1, 0.15) is 5.75 Å². The van der Waals surface area contributed by atoms with Crippen LogP contribution in [0.2, 0.25) is 0 Å². The fourth-order valence-electron chi connectivity index (χ4n) is 2.44. The first-order valence-corrected chi connectivity index (χ1v) is 8.36. The molecule has 134 valence electrons. The highest BCUT2D eigenvalue weighted by atomic mass is 32.1. The average molecular weight is 370 g/mol. The molecule has 0 bridgehead atoms. The van der Waals surface area contributed by atoms with E-state index in [0.717, 1.165) is 5.56 Å². The number of ether oxygens (including phenoxy) is 2. The summed E-state index contributed by atoms with van der Waals surface area (Å²) in [7, 11) is 1.59. The smallest absolute Gasteiger partial charge is 0.216 e. The van der Waals surface area contributed by atoms with Crippen molar-refractivity contribution in [2.45, 2.75) is 6.92 Å². The van der Waals surface area contributed by atoms with E-state index >= 15 is 0 Å². The van der Waals surface area contributed by atoms with Gasteiger partial charge in [0.2, 0.25) is 4.77 Å². The minimum atomic E-state index is 0.0203. The third-order valence-corrected chi connectivity index (χ3v) is 3.90. The van der Waals surface area contributed by atoms with Crippen LogP contribution in [-0.2, 0) is 0 Å². The van der Waals surface area contributed by atoms with E-state index in [1.165, 1.54) is 10.9 Å². The largest absolute Gasteiger partial charge is 0.504 e. The highest BCUT2D eigenvalue weighted by Crippen LogP contribution is 2.30. The SMILES string of the molecule is CCOc1cccc(C=Nn2c(-c3ccccc3OC)n[nH]c2=S)c1O. The second kappa shape index (κ2) is 7.83. The molecule has 0 saturated heterocycles. The molecule has 1 heterocycles. The lowest BCUT2D eigenvalue weighted by Gasteiger charge is -2.08. The third kappa shape index (κ3) is 3.45. The second-order valence-corrected chi connectivity index (χ2v) is 5.62. The molecule has 0 aliphatic rings. The van der Waals surface area contributed by atoms with Gasteiger partial charge in [-0.25, -0.2) is 5.10 Å². The number of para-hydroxylation sites is 2. The molecule has 7 nitrogen and oxygen atoms in total. The Morgan fingerprint density at radius 2 is 2.00 bits per heavy atom. The van der Waals surface area contributed by atoms with Crippen molar-refractivity contribution >= 4 is 18.4 Å². The molecule has 26 heavy (non-hydrogen) atoms. The lowest BCUT2D eigenvalue weighted by Crippen LogP contribution is -1.98. The number of aromatic nitrogens is 3. The standard InChI is InChI=1S/C18H18N4O3S/c1-3-25-15-10-6-7-12(16(15)23)11-19-22-17(20-21-18(22)26)13-8-4-5-9-14(13)24-2/h4-11,23H,3H2,1-2H3,(H,21,26). The van der Waals surface area contributed by atoms with Gasteiger partial charge in [-0.05, 0) is 43.4 Å². The van der Waals surface area contributed by atoms with Crippen molar-refractivity contribution in [3.05, 3.63) is 52.8 Å². The van der Waals surface area contributed by atoms with Crippen LogP contribution in [0.3, 0.4) is 0 Å². The van der Waals surface area contributed by atoms with Crippen LogP contribution in [0.25, 0.3) is 11.4 Å². The third-order valence-electron chi connectivity index (χ3n) is 3.64. The van der Waals surface area contributed by atoms with Crippen LogP contribution in [0, 0.1) is 4.77 Å². The molecule has 0 unspecified atom stereocenters. The van der Waals surface area contributed by atoms with Gasteiger partial charge in [0.15, 0.2) is 17.3 Å². The van der Waals surface area contributed by atoms with Crippen molar-refractivity contribution in [1.29, 1.82) is 0 Å². The van der Waals surface area contributed by atoms with Crippen LogP contribution in [0.5, 0.6) is 17.2 Å². The van der Waals surface area contributed by atoms with Crippen molar-refractivity contribution in [2.24, 2.45) is 5.10 Å². The number of nitrogens with zero attached hydrogens (tertiary/aromatic N) is 3. The summed E-state index contributed by atoms with van der Waals surface area (Å²) in [6, 6.07) is 12.6. The number of aromatic amines is 1. The molecule has 1 aromatic heterocycles. The number of benzene rings is 2. The van der Waals surface area contributed by atoms with Gasteiger partial charge >= 0.3 is 0 Å². The predicted molar refractivity (Wildman–Crippen MR) is 102 cm³/mol. The predicted octanol–water partition coefficient (Wildman–Crippen LogP) is 3.60. The zero-order valence-corrected chi connectivity index (χ0v) is 15.2. The van der Waals surface area contributed by atoms with E-state index in [2.05, 4.69) is 15.3 Å². The van der Waals surface area contributed by atoms with E-state index in [1.54, 1.807) is 25.3 Å². The zero-order chi connectivity index (χ0) is 18.5. The highest BCUT2D eigenvalue weighted by molar-refractivity contribution is 7.71. The quantitative estimate of drug-likeness (QED) is 0.511. The van der Waals surface area contributed by atoms with Gasteiger partial charge in [0.05, 0.1) is 25.5 Å². The molecule has 0 spiro atoms. The van der Waals surface area contributed by atoms with Gasteiger partial charge in [0, 0.05) is 5.56 Å². The van der Waals surface area contributed by atoms with Crippen molar-refractivity contribution in [3.8, 4) is 28.6 Å². The lowest BCUT2D eigenvalue weighted by atomic mass is 10.2. The molecule has 0 fully saturated rings. The van der Waals surface area contributed by atoms with Gasteiger partial charge in [-0.3, -0.25) is 0 Å². The van der Waals surface area contributed by atoms with Crippen molar-refractivity contribution in [1.82, 2.24) is 14.9 Å². The molecule has 0 saturated carbocycles. The zero-order valence-electron chi connectivity index (χ0n) is 14.3. The fraction of sp³-hybridized carbons (Fsp3) is 0.167. The number of phenols is 1. The Kier molecular flexibility index (Phi) is 5.33. The van der Waals surface area contributed by atoms with Crippen LogP contribution in [0.4, 0.5) is 0 Å². The lowest BCUT2D eigenvalue weighted by molar-refractivity contribution is 0.318. The Morgan fingerprint density at radius 3 is 2.77 bits per heavy atom. The van der Waals surface area contributed by atoms with Gasteiger partial charge < -0.3 is 14.6 Å². The Bertz CT molecular complexity index is 994. The summed E-state index contributed by atoms with van der Waals surface area (Å²) in [5.74, 6) is 1.58. The maximum atomic E-state index is 10.3. The van der Waals surface area contributed by atoms with Crippen LogP contribution >= 0.6 is 12.2 Å². The van der Waals surface area contributed by atoms with Gasteiger partial charge in [-0.1, -0.05) is 18.2 Å². The van der Waals surface area contributed by atoms with Crippen LogP contribution in [0.15, 0.2) is 47.6 Å². The molecule has 0 aliphatic carbocycles. The first kappa shape index (κ1) is 17.7. The van der Waals surface area contributed by atoms with Gasteiger partial charge in [0.25, 0.3) is 0 Å². The maximum Gasteiger partial charge on any atom is 0.216 e. The second-order valence-electron chi connectivity index (χ2n) is 5.24. The molecule has 0 radical (unpaired) electrons. The number of aromatic hydroxyl groups is 1. The average Bonchev–Trinajstić information content (AvgIpc) is 3.03. The monoisotopic (exact) mass is 370 g/mol. The summed E-state index contributed by atoms with van der Waals surface area (Å²) in [6.07, 6.45) is 1.50. The number of nitrogens with one attached hydrogen (secondary N) is 1.